The number of nitrogens with one attached hydrogen (secondary N) is 1. The van der Waals surface area contributed by atoms with E-state index < -0.39 is 0 Å². The van der Waals surface area contributed by atoms with E-state index >= 15 is 0 Å². The molecule has 3 atom stereocenters. The first kappa shape index (κ1) is 15.1. The molecule has 0 spiro atoms. The average Bonchev–Trinajstić information content (AvgIpc) is 3.14. The summed E-state index contributed by atoms with van der Waals surface area (Å²) in [4.78, 5) is 14.8. The molecule has 0 saturated carbocycles. The number of fused-ring (bicyclic) bond motifs is 2. The highest BCUT2D eigenvalue weighted by atomic mass is 19.1. The molecule has 2 bridgehead atoms. The number of amides is 1. The van der Waals surface area contributed by atoms with Gasteiger partial charge in [-0.15, -0.1) is 0 Å². The predicted octanol–water partition coefficient (Wildman–Crippen LogP) is 3.41. The van der Waals surface area contributed by atoms with Crippen LogP contribution in [0, 0.1) is 11.7 Å². The maximum absolute atomic E-state index is 13.5. The summed E-state index contributed by atoms with van der Waals surface area (Å²) in [5.74, 6) is 0.579. The maximum Gasteiger partial charge on any atom is 0.223 e. The molecule has 0 radical (unpaired) electrons. The zero-order valence-corrected chi connectivity index (χ0v) is 13.5. The van der Waals surface area contributed by atoms with Crippen molar-refractivity contribution < 1.29 is 9.18 Å². The smallest absolute Gasteiger partial charge is 0.223 e. The quantitative estimate of drug-likeness (QED) is 0.927. The van der Waals surface area contributed by atoms with Crippen molar-refractivity contribution in [3.63, 3.8) is 0 Å². The summed E-state index contributed by atoms with van der Waals surface area (Å²) in [6.45, 7) is 0.817. The predicted molar refractivity (Wildman–Crippen MR) is 87.4 cm³/mol. The minimum absolute atomic E-state index is 0.0663. The second-order valence-electron chi connectivity index (χ2n) is 7.48. The molecule has 3 saturated heterocycles. The molecule has 3 aliphatic rings. The number of carbonyl (C=O) groups is 1. The molecule has 4 heteroatoms. The molecule has 4 rings (SSSR count). The van der Waals surface area contributed by atoms with Crippen molar-refractivity contribution in [2.75, 3.05) is 6.54 Å². The van der Waals surface area contributed by atoms with Crippen LogP contribution in [0.1, 0.15) is 56.6 Å². The summed E-state index contributed by atoms with van der Waals surface area (Å²) in [5.41, 5.74) is 0.946. The van der Waals surface area contributed by atoms with Crippen molar-refractivity contribution in [3.8, 4) is 0 Å². The van der Waals surface area contributed by atoms with Gasteiger partial charge >= 0.3 is 0 Å². The van der Waals surface area contributed by atoms with Crippen LogP contribution >= 0.6 is 0 Å². The van der Waals surface area contributed by atoms with Crippen molar-refractivity contribution in [2.45, 2.75) is 63.1 Å². The van der Waals surface area contributed by atoms with Crippen molar-refractivity contribution >= 4 is 5.91 Å². The summed E-state index contributed by atoms with van der Waals surface area (Å²) in [6.07, 6.45) is 7.45. The lowest BCUT2D eigenvalue weighted by atomic mass is 9.89. The molecule has 3 aliphatic heterocycles. The first-order chi connectivity index (χ1) is 11.2. The lowest BCUT2D eigenvalue weighted by Crippen LogP contribution is -2.40. The molecule has 0 aromatic heterocycles. The van der Waals surface area contributed by atoms with Crippen LogP contribution in [-0.4, -0.2) is 29.4 Å². The van der Waals surface area contributed by atoms with Crippen LogP contribution in [0.4, 0.5) is 4.39 Å². The van der Waals surface area contributed by atoms with E-state index in [1.165, 1.54) is 18.9 Å². The number of carbonyl (C=O) groups excluding carboxylic acids is 1. The zero-order chi connectivity index (χ0) is 15.8. The summed E-state index contributed by atoms with van der Waals surface area (Å²) >= 11 is 0. The van der Waals surface area contributed by atoms with Gasteiger partial charge in [-0.3, -0.25) is 4.79 Å². The lowest BCUT2D eigenvalue weighted by Gasteiger charge is -2.31. The Morgan fingerprint density at radius 1 is 1.22 bits per heavy atom. The van der Waals surface area contributed by atoms with Gasteiger partial charge < -0.3 is 10.2 Å². The van der Waals surface area contributed by atoms with Crippen LogP contribution in [-0.2, 0) is 4.79 Å². The molecule has 23 heavy (non-hydrogen) atoms. The lowest BCUT2D eigenvalue weighted by molar-refractivity contribution is -0.133. The highest BCUT2D eigenvalue weighted by Gasteiger charge is 2.36. The third kappa shape index (κ3) is 3.14. The third-order valence-electron chi connectivity index (χ3n) is 5.84. The fourth-order valence-corrected chi connectivity index (χ4v) is 4.83. The third-order valence-corrected chi connectivity index (χ3v) is 5.84. The van der Waals surface area contributed by atoms with Gasteiger partial charge in [0.1, 0.15) is 5.82 Å². The number of rotatable bonds is 3. The SMILES string of the molecule is O=C(CC1CC2CCC(C1)N2)N1CCCC1c1cccc(F)c1. The van der Waals surface area contributed by atoms with Crippen molar-refractivity contribution in [1.82, 2.24) is 10.2 Å². The maximum atomic E-state index is 13.5. The first-order valence-corrected chi connectivity index (χ1v) is 9.00. The van der Waals surface area contributed by atoms with Gasteiger partial charge in [0.25, 0.3) is 0 Å². The molecule has 1 N–H and O–H groups in total. The van der Waals surface area contributed by atoms with Crippen molar-refractivity contribution in [1.29, 1.82) is 0 Å². The van der Waals surface area contributed by atoms with E-state index in [2.05, 4.69) is 5.32 Å². The number of piperidine rings is 1. The van der Waals surface area contributed by atoms with Crippen LogP contribution in [0.5, 0.6) is 0 Å². The number of halogens is 1. The number of likely N-dealkylation sites (tertiary alicyclic amines) is 1. The fourth-order valence-electron chi connectivity index (χ4n) is 4.83. The highest BCUT2D eigenvalue weighted by molar-refractivity contribution is 5.77. The van der Waals surface area contributed by atoms with Crippen LogP contribution in [0.3, 0.4) is 0 Å². The molecular formula is C19H25FN2O. The molecule has 3 unspecified atom stereocenters. The van der Waals surface area contributed by atoms with Crippen molar-refractivity contribution in [2.24, 2.45) is 5.92 Å². The van der Waals surface area contributed by atoms with E-state index in [-0.39, 0.29) is 17.8 Å². The Morgan fingerprint density at radius 3 is 2.74 bits per heavy atom. The second-order valence-corrected chi connectivity index (χ2v) is 7.48. The average molecular weight is 316 g/mol. The van der Waals surface area contributed by atoms with Crippen LogP contribution < -0.4 is 5.32 Å². The molecule has 0 aliphatic carbocycles. The fraction of sp³-hybridized carbons (Fsp3) is 0.632. The Bertz CT molecular complexity index is 578. The van der Waals surface area contributed by atoms with Gasteiger partial charge in [-0.2, -0.15) is 0 Å². The standard InChI is InChI=1S/C19H25FN2O/c20-15-4-1-3-14(12-15)18-5-2-8-22(18)19(23)11-13-9-16-6-7-17(10-13)21-16/h1,3-4,12-13,16-18,21H,2,5-11H2. The van der Waals surface area contributed by atoms with Gasteiger partial charge in [0.15, 0.2) is 0 Å². The minimum Gasteiger partial charge on any atom is -0.336 e. The van der Waals surface area contributed by atoms with Crippen molar-refractivity contribution in [3.05, 3.63) is 35.6 Å². The van der Waals surface area contributed by atoms with E-state index in [0.29, 0.717) is 24.4 Å². The Morgan fingerprint density at radius 2 is 2.00 bits per heavy atom. The van der Waals surface area contributed by atoms with Crippen LogP contribution in [0.15, 0.2) is 24.3 Å². The first-order valence-electron chi connectivity index (χ1n) is 9.00. The largest absolute Gasteiger partial charge is 0.336 e. The van der Waals surface area contributed by atoms with Crippen LogP contribution in [0.2, 0.25) is 0 Å². The minimum atomic E-state index is -0.211. The normalized spacial score (nSPS) is 33.2. The molecule has 1 aromatic carbocycles. The number of nitrogens with zero attached hydrogens (tertiary/aromatic N) is 1. The number of benzene rings is 1. The van der Waals surface area contributed by atoms with Crippen LogP contribution in [0.25, 0.3) is 0 Å². The topological polar surface area (TPSA) is 32.3 Å². The van der Waals surface area contributed by atoms with Gasteiger partial charge in [-0.25, -0.2) is 4.39 Å². The summed E-state index contributed by atoms with van der Waals surface area (Å²) in [7, 11) is 0. The second kappa shape index (κ2) is 6.23. The van der Waals surface area contributed by atoms with Gasteiger partial charge in [0, 0.05) is 25.0 Å². The Hall–Kier alpha value is -1.42. The van der Waals surface area contributed by atoms with Gasteiger partial charge in [-0.1, -0.05) is 12.1 Å². The Labute approximate surface area is 137 Å². The summed E-state index contributed by atoms with van der Waals surface area (Å²) in [6, 6.07) is 8.07. The summed E-state index contributed by atoms with van der Waals surface area (Å²) < 4.78 is 13.5. The van der Waals surface area contributed by atoms with Gasteiger partial charge in [-0.05, 0) is 62.1 Å². The van der Waals surface area contributed by atoms with Gasteiger partial charge in [0.05, 0.1) is 6.04 Å². The number of hydrogen-bond acceptors (Lipinski definition) is 2. The molecule has 1 aromatic rings. The molecule has 3 heterocycles. The highest BCUT2D eigenvalue weighted by Crippen LogP contribution is 2.36. The van der Waals surface area contributed by atoms with E-state index in [4.69, 9.17) is 0 Å². The molecular weight excluding hydrogens is 291 g/mol. The molecule has 3 fully saturated rings. The summed E-state index contributed by atoms with van der Waals surface area (Å²) in [5, 5.41) is 3.64. The Kier molecular flexibility index (Phi) is 4.10. The zero-order valence-electron chi connectivity index (χ0n) is 13.5. The van der Waals surface area contributed by atoms with E-state index in [0.717, 1.165) is 37.8 Å². The molecule has 3 nitrogen and oxygen atoms in total. The Balaban J connectivity index is 1.43. The van der Waals surface area contributed by atoms with E-state index in [9.17, 15) is 9.18 Å². The molecule has 124 valence electrons. The van der Waals surface area contributed by atoms with E-state index in [1.807, 2.05) is 11.0 Å². The van der Waals surface area contributed by atoms with E-state index in [1.54, 1.807) is 12.1 Å². The molecule has 1 amide bonds. The number of hydrogen-bond donors (Lipinski definition) is 1. The van der Waals surface area contributed by atoms with Gasteiger partial charge in [0.2, 0.25) is 5.91 Å². The monoisotopic (exact) mass is 316 g/mol.